The third-order valence-corrected chi connectivity index (χ3v) is 4.76. The Kier molecular flexibility index (Phi) is 6.04. The number of aromatic nitrogens is 2. The molecular formula is C23H26N4O. The number of nitrogens with one attached hydrogen (secondary N) is 1. The van der Waals surface area contributed by atoms with E-state index in [1.165, 1.54) is 16.7 Å². The van der Waals surface area contributed by atoms with Crippen molar-refractivity contribution in [2.24, 2.45) is 0 Å². The molecule has 1 amide bonds. The van der Waals surface area contributed by atoms with Crippen molar-refractivity contribution in [1.29, 1.82) is 0 Å². The number of rotatable bonds is 6. The van der Waals surface area contributed by atoms with E-state index in [1.807, 2.05) is 18.2 Å². The number of aryl methyl sites for hydroxylation is 3. The number of amides is 1. The van der Waals surface area contributed by atoms with Gasteiger partial charge in [0, 0.05) is 31.7 Å². The molecule has 0 spiro atoms. The van der Waals surface area contributed by atoms with Crippen LogP contribution >= 0.6 is 0 Å². The zero-order chi connectivity index (χ0) is 20.1. The summed E-state index contributed by atoms with van der Waals surface area (Å²) in [5.41, 5.74) is 7.18. The quantitative estimate of drug-likeness (QED) is 0.692. The molecule has 1 N–H and O–H groups in total. The fourth-order valence-corrected chi connectivity index (χ4v) is 3.26. The number of carbonyl (C=O) groups excluding carboxylic acids is 1. The lowest BCUT2D eigenvalue weighted by atomic mass is 10.0. The Morgan fingerprint density at radius 1 is 1.04 bits per heavy atom. The zero-order valence-corrected chi connectivity index (χ0v) is 16.9. The van der Waals surface area contributed by atoms with E-state index >= 15 is 0 Å². The molecule has 3 rings (SSSR count). The molecule has 5 nitrogen and oxygen atoms in total. The second-order valence-electron chi connectivity index (χ2n) is 7.16. The van der Waals surface area contributed by atoms with Crippen LogP contribution in [0.1, 0.15) is 32.7 Å². The average Bonchev–Trinajstić information content (AvgIpc) is 2.69. The second kappa shape index (κ2) is 8.65. The lowest BCUT2D eigenvalue weighted by Gasteiger charge is -2.17. The van der Waals surface area contributed by atoms with E-state index in [-0.39, 0.29) is 5.91 Å². The summed E-state index contributed by atoms with van der Waals surface area (Å²) >= 11 is 0. The summed E-state index contributed by atoms with van der Waals surface area (Å²) < 4.78 is 0. The molecule has 0 bridgehead atoms. The number of benzene rings is 1. The molecular weight excluding hydrogens is 348 g/mol. The molecule has 0 unspecified atom stereocenters. The third-order valence-electron chi connectivity index (χ3n) is 4.76. The maximum absolute atomic E-state index is 12.6. The van der Waals surface area contributed by atoms with E-state index in [1.54, 1.807) is 36.6 Å². The summed E-state index contributed by atoms with van der Waals surface area (Å²) in [5, 5.41) is 3.42. The van der Waals surface area contributed by atoms with Crippen LogP contribution in [0.5, 0.6) is 0 Å². The van der Waals surface area contributed by atoms with Gasteiger partial charge in [-0.3, -0.25) is 9.78 Å². The van der Waals surface area contributed by atoms with Crippen molar-refractivity contribution in [2.75, 3.05) is 18.9 Å². The van der Waals surface area contributed by atoms with Crippen LogP contribution in [0.15, 0.2) is 55.0 Å². The van der Waals surface area contributed by atoms with E-state index in [2.05, 4.69) is 48.2 Å². The van der Waals surface area contributed by atoms with Crippen LogP contribution in [0.2, 0.25) is 0 Å². The summed E-state index contributed by atoms with van der Waals surface area (Å²) in [6, 6.07) is 11.9. The molecule has 0 aliphatic carbocycles. The molecule has 0 saturated heterocycles. The molecule has 1 aromatic carbocycles. The van der Waals surface area contributed by atoms with E-state index in [9.17, 15) is 4.79 Å². The number of pyridine rings is 2. The number of anilines is 2. The summed E-state index contributed by atoms with van der Waals surface area (Å²) in [4.78, 5) is 22.7. The Balaban J connectivity index is 1.64. The van der Waals surface area contributed by atoms with Crippen LogP contribution in [0, 0.1) is 20.8 Å². The molecule has 28 heavy (non-hydrogen) atoms. The Morgan fingerprint density at radius 3 is 2.32 bits per heavy atom. The zero-order valence-electron chi connectivity index (χ0n) is 16.9. The highest BCUT2D eigenvalue weighted by Crippen LogP contribution is 2.25. The van der Waals surface area contributed by atoms with Crippen LogP contribution in [0.25, 0.3) is 0 Å². The van der Waals surface area contributed by atoms with Crippen molar-refractivity contribution in [1.82, 2.24) is 14.9 Å². The van der Waals surface area contributed by atoms with E-state index in [0.717, 1.165) is 23.4 Å². The number of likely N-dealkylation sites (N-methyl/N-ethyl adjacent to an activating group) is 1. The molecule has 0 fully saturated rings. The topological polar surface area (TPSA) is 58.1 Å². The van der Waals surface area contributed by atoms with Crippen molar-refractivity contribution in [3.8, 4) is 0 Å². The predicted octanol–water partition coefficient (Wildman–Crippen LogP) is 4.46. The lowest BCUT2D eigenvalue weighted by Crippen LogP contribution is -2.29. The smallest absolute Gasteiger partial charge is 0.272 e. The van der Waals surface area contributed by atoms with Crippen LogP contribution in [0.4, 0.5) is 11.4 Å². The van der Waals surface area contributed by atoms with Gasteiger partial charge >= 0.3 is 0 Å². The predicted molar refractivity (Wildman–Crippen MR) is 113 cm³/mol. The van der Waals surface area contributed by atoms with Crippen molar-refractivity contribution < 1.29 is 4.79 Å². The molecule has 2 heterocycles. The van der Waals surface area contributed by atoms with Crippen molar-refractivity contribution >= 4 is 17.3 Å². The lowest BCUT2D eigenvalue weighted by molar-refractivity contribution is 0.0791. The monoisotopic (exact) mass is 374 g/mol. The molecule has 144 valence electrons. The van der Waals surface area contributed by atoms with Gasteiger partial charge in [-0.1, -0.05) is 17.7 Å². The highest BCUT2D eigenvalue weighted by atomic mass is 16.2. The normalized spacial score (nSPS) is 10.6. The highest BCUT2D eigenvalue weighted by molar-refractivity contribution is 5.92. The summed E-state index contributed by atoms with van der Waals surface area (Å²) in [6.45, 7) is 6.90. The Labute approximate surface area is 166 Å². The van der Waals surface area contributed by atoms with Gasteiger partial charge in [0.15, 0.2) is 0 Å². The van der Waals surface area contributed by atoms with Gasteiger partial charge in [0.1, 0.15) is 5.69 Å². The SMILES string of the molecule is Cc1cc(C)c(Nc2ccc(C(=O)N(C)CCc3ccncc3)nc2)c(C)c1. The fourth-order valence-electron chi connectivity index (χ4n) is 3.26. The van der Waals surface area contributed by atoms with Gasteiger partial charge in [0.05, 0.1) is 11.9 Å². The molecule has 0 atom stereocenters. The first-order valence-electron chi connectivity index (χ1n) is 9.39. The van der Waals surface area contributed by atoms with E-state index in [0.29, 0.717) is 12.2 Å². The number of carbonyl (C=O) groups is 1. The Hall–Kier alpha value is -3.21. The average molecular weight is 374 g/mol. The Bertz CT molecular complexity index is 929. The molecule has 0 radical (unpaired) electrons. The molecule has 5 heteroatoms. The summed E-state index contributed by atoms with van der Waals surface area (Å²) in [5.74, 6) is -0.0803. The van der Waals surface area contributed by atoms with Gasteiger partial charge in [-0.15, -0.1) is 0 Å². The van der Waals surface area contributed by atoms with Gasteiger partial charge in [0.2, 0.25) is 0 Å². The van der Waals surface area contributed by atoms with Gasteiger partial charge in [0.25, 0.3) is 5.91 Å². The molecule has 0 aliphatic rings. The van der Waals surface area contributed by atoms with Crippen LogP contribution in [0.3, 0.4) is 0 Å². The number of nitrogens with zero attached hydrogens (tertiary/aromatic N) is 3. The van der Waals surface area contributed by atoms with Gasteiger partial charge in [-0.2, -0.15) is 0 Å². The van der Waals surface area contributed by atoms with Gasteiger partial charge < -0.3 is 10.2 Å². The third kappa shape index (κ3) is 4.74. The first kappa shape index (κ1) is 19.5. The van der Waals surface area contributed by atoms with Crippen molar-refractivity contribution in [2.45, 2.75) is 27.2 Å². The van der Waals surface area contributed by atoms with E-state index in [4.69, 9.17) is 0 Å². The molecule has 2 aromatic heterocycles. The van der Waals surface area contributed by atoms with Crippen LogP contribution < -0.4 is 5.32 Å². The first-order valence-corrected chi connectivity index (χ1v) is 9.39. The number of hydrogen-bond donors (Lipinski definition) is 1. The van der Waals surface area contributed by atoms with Crippen molar-refractivity contribution in [3.63, 3.8) is 0 Å². The largest absolute Gasteiger partial charge is 0.354 e. The molecule has 0 aliphatic heterocycles. The maximum atomic E-state index is 12.6. The maximum Gasteiger partial charge on any atom is 0.272 e. The Morgan fingerprint density at radius 2 is 1.71 bits per heavy atom. The molecule has 3 aromatic rings. The minimum absolute atomic E-state index is 0.0803. The standard InChI is InChI=1S/C23H26N4O/c1-16-13-17(2)22(18(3)14-16)26-20-5-6-21(25-15-20)23(28)27(4)12-9-19-7-10-24-11-8-19/h5-8,10-11,13-15,26H,9,12H2,1-4H3. The van der Waals surface area contributed by atoms with Gasteiger partial charge in [-0.25, -0.2) is 4.98 Å². The van der Waals surface area contributed by atoms with Gasteiger partial charge in [-0.05, 0) is 68.1 Å². The number of hydrogen-bond acceptors (Lipinski definition) is 4. The minimum Gasteiger partial charge on any atom is -0.354 e. The molecule has 0 saturated carbocycles. The fraction of sp³-hybridized carbons (Fsp3) is 0.261. The highest BCUT2D eigenvalue weighted by Gasteiger charge is 2.13. The summed E-state index contributed by atoms with van der Waals surface area (Å²) in [7, 11) is 1.80. The summed E-state index contributed by atoms with van der Waals surface area (Å²) in [6.07, 6.45) is 6.03. The van der Waals surface area contributed by atoms with E-state index < -0.39 is 0 Å². The van der Waals surface area contributed by atoms with Crippen LogP contribution in [-0.2, 0) is 6.42 Å². The minimum atomic E-state index is -0.0803. The second-order valence-corrected chi connectivity index (χ2v) is 7.16. The first-order chi connectivity index (χ1) is 13.4. The van der Waals surface area contributed by atoms with Crippen molar-refractivity contribution in [3.05, 3.63) is 82.9 Å². The van der Waals surface area contributed by atoms with Crippen LogP contribution in [-0.4, -0.2) is 34.4 Å².